The molecule has 8 nitrogen and oxygen atoms in total. The van der Waals surface area contributed by atoms with Crippen LogP contribution in [0.25, 0.3) is 11.7 Å². The Morgan fingerprint density at radius 3 is 2.69 bits per heavy atom. The van der Waals surface area contributed by atoms with Crippen molar-refractivity contribution >= 4 is 5.78 Å². The molecule has 1 saturated heterocycles. The lowest BCUT2D eigenvalue weighted by Crippen LogP contribution is -2.36. The molecule has 3 aromatic rings. The second kappa shape index (κ2) is 7.71. The molecule has 0 spiro atoms. The lowest BCUT2D eigenvalue weighted by molar-refractivity contribution is 0.0826. The Labute approximate surface area is 167 Å². The number of hydrogen-bond acceptors (Lipinski definition) is 8. The third-order valence-electron chi connectivity index (χ3n) is 5.34. The van der Waals surface area contributed by atoms with Crippen LogP contribution in [0.4, 0.5) is 0 Å². The lowest BCUT2D eigenvalue weighted by Gasteiger charge is -2.30. The van der Waals surface area contributed by atoms with Gasteiger partial charge in [-0.15, -0.1) is 10.2 Å². The Balaban J connectivity index is 1.18. The minimum Gasteiger partial charge on any atom is -0.486 e. The normalized spacial score (nSPS) is 17.4. The molecule has 0 unspecified atom stereocenters. The van der Waals surface area contributed by atoms with E-state index in [9.17, 15) is 4.79 Å². The first kappa shape index (κ1) is 17.9. The molecule has 1 aromatic carbocycles. The molecule has 0 amide bonds. The third kappa shape index (κ3) is 3.75. The molecule has 8 heteroatoms. The molecule has 4 heterocycles. The van der Waals surface area contributed by atoms with Crippen LogP contribution in [0.2, 0.25) is 0 Å². The van der Waals surface area contributed by atoms with Crippen molar-refractivity contribution in [1.82, 2.24) is 15.1 Å². The fourth-order valence-electron chi connectivity index (χ4n) is 3.79. The highest BCUT2D eigenvalue weighted by Gasteiger charge is 2.27. The number of furan rings is 1. The van der Waals surface area contributed by atoms with Crippen molar-refractivity contribution < 1.29 is 23.1 Å². The Morgan fingerprint density at radius 2 is 1.90 bits per heavy atom. The van der Waals surface area contributed by atoms with Crippen LogP contribution in [-0.4, -0.2) is 47.2 Å². The van der Waals surface area contributed by atoms with Crippen LogP contribution in [-0.2, 0) is 6.54 Å². The van der Waals surface area contributed by atoms with Gasteiger partial charge in [-0.05, 0) is 56.3 Å². The van der Waals surface area contributed by atoms with Gasteiger partial charge in [0.25, 0.3) is 5.89 Å². The number of carbonyl (C=O) groups excluding carboxylic acids is 1. The second-order valence-electron chi connectivity index (χ2n) is 7.25. The summed E-state index contributed by atoms with van der Waals surface area (Å²) in [5.74, 6) is 3.03. The highest BCUT2D eigenvalue weighted by Crippen LogP contribution is 2.32. The van der Waals surface area contributed by atoms with Gasteiger partial charge in [-0.3, -0.25) is 9.69 Å². The summed E-state index contributed by atoms with van der Waals surface area (Å²) < 4.78 is 22.1. The van der Waals surface area contributed by atoms with Gasteiger partial charge in [0, 0.05) is 11.5 Å². The van der Waals surface area contributed by atoms with Crippen LogP contribution >= 0.6 is 0 Å². The molecular weight excluding hydrogens is 374 g/mol. The second-order valence-corrected chi connectivity index (χ2v) is 7.25. The van der Waals surface area contributed by atoms with E-state index >= 15 is 0 Å². The summed E-state index contributed by atoms with van der Waals surface area (Å²) in [6.45, 7) is 3.24. The molecule has 0 saturated carbocycles. The van der Waals surface area contributed by atoms with Crippen LogP contribution in [0.3, 0.4) is 0 Å². The van der Waals surface area contributed by atoms with E-state index in [1.54, 1.807) is 24.5 Å². The molecule has 5 rings (SSSR count). The Hall–Kier alpha value is -3.13. The number of Topliss-reactive ketones (excluding diaryl/α,β-unsaturated/α-hetero) is 1. The maximum absolute atomic E-state index is 12.9. The topological polar surface area (TPSA) is 90.8 Å². The summed E-state index contributed by atoms with van der Waals surface area (Å²) in [5.41, 5.74) is 0.688. The predicted molar refractivity (Wildman–Crippen MR) is 102 cm³/mol. The van der Waals surface area contributed by atoms with E-state index < -0.39 is 0 Å². The van der Waals surface area contributed by atoms with Gasteiger partial charge in [0.1, 0.15) is 13.2 Å². The molecule has 0 N–H and O–H groups in total. The maximum atomic E-state index is 12.9. The molecule has 2 aliphatic rings. The summed E-state index contributed by atoms with van der Waals surface area (Å²) in [7, 11) is 0. The average molecular weight is 395 g/mol. The minimum absolute atomic E-state index is 0.00942. The number of hydrogen-bond donors (Lipinski definition) is 0. The van der Waals surface area contributed by atoms with Crippen molar-refractivity contribution in [2.24, 2.45) is 5.92 Å². The van der Waals surface area contributed by atoms with Gasteiger partial charge >= 0.3 is 0 Å². The monoisotopic (exact) mass is 395 g/mol. The molecule has 0 aliphatic carbocycles. The predicted octanol–water partition coefficient (Wildman–Crippen LogP) is 3.20. The number of ether oxygens (including phenoxy) is 2. The molecule has 0 radical (unpaired) electrons. The van der Waals surface area contributed by atoms with Crippen LogP contribution < -0.4 is 9.47 Å². The first-order valence-electron chi connectivity index (χ1n) is 9.79. The zero-order valence-electron chi connectivity index (χ0n) is 15.9. The molecule has 0 bridgehead atoms. The van der Waals surface area contributed by atoms with Crippen molar-refractivity contribution in [3.63, 3.8) is 0 Å². The first-order valence-corrected chi connectivity index (χ1v) is 9.79. The number of ketones is 1. The fourth-order valence-corrected chi connectivity index (χ4v) is 3.79. The fraction of sp³-hybridized carbons (Fsp3) is 0.381. The summed E-state index contributed by atoms with van der Waals surface area (Å²) in [4.78, 5) is 15.1. The van der Waals surface area contributed by atoms with Gasteiger partial charge in [0.15, 0.2) is 23.0 Å². The van der Waals surface area contributed by atoms with Crippen molar-refractivity contribution in [2.45, 2.75) is 19.4 Å². The number of likely N-dealkylation sites (tertiary alicyclic amines) is 1. The van der Waals surface area contributed by atoms with Crippen LogP contribution in [0.5, 0.6) is 11.5 Å². The van der Waals surface area contributed by atoms with Crippen LogP contribution in [0.1, 0.15) is 29.1 Å². The van der Waals surface area contributed by atoms with Crippen molar-refractivity contribution in [1.29, 1.82) is 0 Å². The van der Waals surface area contributed by atoms with E-state index in [4.69, 9.17) is 18.3 Å². The van der Waals surface area contributed by atoms with Gasteiger partial charge in [0.2, 0.25) is 5.89 Å². The van der Waals surface area contributed by atoms with Gasteiger partial charge < -0.3 is 18.3 Å². The molecule has 0 atom stereocenters. The molecule has 150 valence electrons. The molecule has 2 aromatic heterocycles. The van der Waals surface area contributed by atoms with E-state index in [0.717, 1.165) is 25.9 Å². The highest BCUT2D eigenvalue weighted by atomic mass is 16.6. The largest absolute Gasteiger partial charge is 0.486 e. The number of rotatable bonds is 5. The van der Waals surface area contributed by atoms with E-state index in [2.05, 4.69) is 15.1 Å². The highest BCUT2D eigenvalue weighted by molar-refractivity contribution is 5.98. The zero-order chi connectivity index (χ0) is 19.6. The average Bonchev–Trinajstić information content (AvgIpc) is 3.45. The van der Waals surface area contributed by atoms with E-state index in [1.807, 2.05) is 12.1 Å². The number of piperidine rings is 1. The lowest BCUT2D eigenvalue weighted by atomic mass is 9.88. The molecular formula is C21H21N3O5. The van der Waals surface area contributed by atoms with Crippen molar-refractivity contribution in [3.05, 3.63) is 48.0 Å². The van der Waals surface area contributed by atoms with E-state index in [1.165, 1.54) is 0 Å². The number of fused-ring (bicyclic) bond motifs is 1. The maximum Gasteiger partial charge on any atom is 0.283 e. The summed E-state index contributed by atoms with van der Waals surface area (Å²) in [6, 6.07) is 9.02. The number of nitrogens with zero attached hydrogens (tertiary/aromatic N) is 3. The Morgan fingerprint density at radius 1 is 1.07 bits per heavy atom. The minimum atomic E-state index is 0.00942. The Bertz CT molecular complexity index is 990. The molecule has 2 aliphatic heterocycles. The quantitative estimate of drug-likeness (QED) is 0.609. The summed E-state index contributed by atoms with van der Waals surface area (Å²) in [6.07, 6.45) is 3.17. The number of aromatic nitrogens is 2. The number of benzene rings is 1. The molecule has 1 fully saturated rings. The Kier molecular flexibility index (Phi) is 4.77. The van der Waals surface area contributed by atoms with E-state index in [0.29, 0.717) is 54.4 Å². The van der Waals surface area contributed by atoms with Crippen LogP contribution in [0.15, 0.2) is 45.4 Å². The van der Waals surface area contributed by atoms with Gasteiger partial charge in [0.05, 0.1) is 12.8 Å². The SMILES string of the molecule is O=C(c1ccc2c(c1)OCCO2)C1CCN(Cc2nnc(-c3ccco3)o2)CC1. The van der Waals surface area contributed by atoms with Crippen molar-refractivity contribution in [2.75, 3.05) is 26.3 Å². The smallest absolute Gasteiger partial charge is 0.283 e. The summed E-state index contributed by atoms with van der Waals surface area (Å²) >= 11 is 0. The van der Waals surface area contributed by atoms with Crippen molar-refractivity contribution in [3.8, 4) is 23.1 Å². The van der Waals surface area contributed by atoms with Gasteiger partial charge in [-0.25, -0.2) is 0 Å². The molecule has 29 heavy (non-hydrogen) atoms. The summed E-state index contributed by atoms with van der Waals surface area (Å²) in [5, 5.41) is 8.13. The number of carbonyl (C=O) groups is 1. The van der Waals surface area contributed by atoms with Gasteiger partial charge in [-0.2, -0.15) is 0 Å². The third-order valence-corrected chi connectivity index (χ3v) is 5.34. The standard InChI is InChI=1S/C21H21N3O5/c25-20(15-3-4-16-18(12-15)28-11-10-27-16)14-5-7-24(8-6-14)13-19-22-23-21(29-19)17-2-1-9-26-17/h1-4,9,12,14H,5-8,10-11,13H2. The van der Waals surface area contributed by atoms with Gasteiger partial charge in [-0.1, -0.05) is 0 Å². The van der Waals surface area contributed by atoms with E-state index in [-0.39, 0.29) is 11.7 Å². The van der Waals surface area contributed by atoms with Crippen LogP contribution in [0, 0.1) is 5.92 Å². The first-order chi connectivity index (χ1) is 14.3. The zero-order valence-corrected chi connectivity index (χ0v) is 15.9.